The van der Waals surface area contributed by atoms with Crippen molar-refractivity contribution in [2.45, 2.75) is 38.6 Å². The van der Waals surface area contributed by atoms with E-state index in [1.165, 1.54) is 4.90 Å². The first kappa shape index (κ1) is 14.1. The molecule has 1 aliphatic rings. The maximum Gasteiger partial charge on any atom is 0.303 e. The van der Waals surface area contributed by atoms with E-state index in [0.717, 1.165) is 0 Å². The number of carbonyl (C=O) groups excluding carboxylic acids is 3. The van der Waals surface area contributed by atoms with Crippen LogP contribution in [-0.2, 0) is 19.2 Å². The number of imide groups is 1. The molecule has 100 valence electrons. The molecule has 0 spiro atoms. The van der Waals surface area contributed by atoms with Crippen molar-refractivity contribution in [1.82, 2.24) is 10.2 Å². The topological polar surface area (TPSA) is 104 Å². The quantitative estimate of drug-likeness (QED) is 0.660. The molecule has 0 atom stereocenters. The van der Waals surface area contributed by atoms with Crippen molar-refractivity contribution < 1.29 is 24.3 Å². The van der Waals surface area contributed by atoms with E-state index in [9.17, 15) is 19.2 Å². The highest BCUT2D eigenvalue weighted by molar-refractivity contribution is 6.06. The smallest absolute Gasteiger partial charge is 0.303 e. The number of rotatable bonds is 4. The summed E-state index contributed by atoms with van der Waals surface area (Å²) in [5.74, 6) is -2.41. The van der Waals surface area contributed by atoms with Crippen molar-refractivity contribution in [2.24, 2.45) is 0 Å². The first-order chi connectivity index (χ1) is 8.25. The van der Waals surface area contributed by atoms with Crippen molar-refractivity contribution in [3.05, 3.63) is 0 Å². The average Bonchev–Trinajstić information content (AvgIpc) is 2.23. The molecule has 0 aromatic rings. The van der Waals surface area contributed by atoms with Gasteiger partial charge in [-0.3, -0.25) is 24.5 Å². The molecule has 0 unspecified atom stereocenters. The van der Waals surface area contributed by atoms with E-state index in [1.54, 1.807) is 13.8 Å². The zero-order valence-corrected chi connectivity index (χ0v) is 10.4. The number of carbonyl (C=O) groups is 4. The van der Waals surface area contributed by atoms with E-state index in [1.807, 2.05) is 0 Å². The third-order valence-electron chi connectivity index (χ3n) is 2.87. The predicted octanol–water partition coefficient (Wildman–Crippen LogP) is -0.495. The van der Waals surface area contributed by atoms with Gasteiger partial charge in [0, 0.05) is 12.8 Å². The van der Waals surface area contributed by atoms with Crippen molar-refractivity contribution in [3.8, 4) is 0 Å². The van der Waals surface area contributed by atoms with Gasteiger partial charge in [-0.2, -0.15) is 0 Å². The highest BCUT2D eigenvalue weighted by atomic mass is 16.4. The summed E-state index contributed by atoms with van der Waals surface area (Å²) >= 11 is 0. The minimum atomic E-state index is -1.09. The Bertz CT molecular complexity index is 402. The van der Waals surface area contributed by atoms with E-state index in [-0.39, 0.29) is 31.7 Å². The van der Waals surface area contributed by atoms with E-state index < -0.39 is 23.3 Å². The van der Waals surface area contributed by atoms with Crippen LogP contribution in [0.5, 0.6) is 0 Å². The second-order valence-corrected chi connectivity index (χ2v) is 4.66. The number of hydrogen-bond acceptors (Lipinski definition) is 4. The molecule has 7 nitrogen and oxygen atoms in total. The number of nitrogens with one attached hydrogen (secondary N) is 1. The summed E-state index contributed by atoms with van der Waals surface area (Å²) in [6.07, 6.45) is 0.0903. The minimum Gasteiger partial charge on any atom is -0.481 e. The summed E-state index contributed by atoms with van der Waals surface area (Å²) in [4.78, 5) is 46.3. The van der Waals surface area contributed by atoms with Crippen LogP contribution in [0.3, 0.4) is 0 Å². The summed E-state index contributed by atoms with van der Waals surface area (Å²) in [7, 11) is 0. The van der Waals surface area contributed by atoms with E-state index in [0.29, 0.717) is 0 Å². The monoisotopic (exact) mass is 256 g/mol. The Morgan fingerprint density at radius 3 is 2.50 bits per heavy atom. The number of aliphatic carboxylic acids is 1. The van der Waals surface area contributed by atoms with Gasteiger partial charge in [0.15, 0.2) is 0 Å². The Kier molecular flexibility index (Phi) is 4.05. The molecule has 0 aliphatic carbocycles. The van der Waals surface area contributed by atoms with E-state index >= 15 is 0 Å². The highest BCUT2D eigenvalue weighted by Crippen LogP contribution is 2.19. The van der Waals surface area contributed by atoms with Gasteiger partial charge < -0.3 is 10.0 Å². The van der Waals surface area contributed by atoms with E-state index in [4.69, 9.17) is 5.11 Å². The minimum absolute atomic E-state index is 0.0102. The fourth-order valence-corrected chi connectivity index (χ4v) is 1.71. The normalized spacial score (nSPS) is 18.4. The maximum absolute atomic E-state index is 11.9. The predicted molar refractivity (Wildman–Crippen MR) is 60.4 cm³/mol. The van der Waals surface area contributed by atoms with Gasteiger partial charge >= 0.3 is 5.97 Å². The van der Waals surface area contributed by atoms with Crippen LogP contribution in [0.4, 0.5) is 0 Å². The van der Waals surface area contributed by atoms with Crippen LogP contribution < -0.4 is 5.32 Å². The largest absolute Gasteiger partial charge is 0.481 e. The van der Waals surface area contributed by atoms with Crippen LogP contribution in [0.25, 0.3) is 0 Å². The SMILES string of the molecule is CC1(C)C(=O)NC(=O)CN1C(=O)CCCC(=O)O. The Morgan fingerprint density at radius 1 is 1.33 bits per heavy atom. The van der Waals surface area contributed by atoms with Crippen LogP contribution in [-0.4, -0.2) is 45.8 Å². The van der Waals surface area contributed by atoms with Crippen molar-refractivity contribution in [1.29, 1.82) is 0 Å². The lowest BCUT2D eigenvalue weighted by Gasteiger charge is -2.40. The lowest BCUT2D eigenvalue weighted by molar-refractivity contribution is -0.155. The lowest BCUT2D eigenvalue weighted by atomic mass is 9.98. The molecular formula is C11H16N2O5. The zero-order valence-electron chi connectivity index (χ0n) is 10.4. The number of nitrogens with zero attached hydrogens (tertiary/aromatic N) is 1. The number of amides is 3. The summed E-state index contributed by atoms with van der Waals surface area (Å²) in [6, 6.07) is 0. The van der Waals surface area contributed by atoms with Crippen LogP contribution in [0, 0.1) is 0 Å². The molecule has 1 heterocycles. The van der Waals surface area contributed by atoms with Gasteiger partial charge in [0.05, 0.1) is 0 Å². The molecule has 0 radical (unpaired) electrons. The summed E-state index contributed by atoms with van der Waals surface area (Å²) in [6.45, 7) is 2.92. The second kappa shape index (κ2) is 5.16. The van der Waals surface area contributed by atoms with Crippen LogP contribution in [0.15, 0.2) is 0 Å². The standard InChI is InChI=1S/C11H16N2O5/c1-11(2)10(18)12-7(14)6-13(11)8(15)4-3-5-9(16)17/h3-6H2,1-2H3,(H,16,17)(H,12,14,18). The molecule has 1 fully saturated rings. The van der Waals surface area contributed by atoms with Gasteiger partial charge in [0.2, 0.25) is 11.8 Å². The number of hydrogen-bond donors (Lipinski definition) is 2. The first-order valence-corrected chi connectivity index (χ1v) is 5.61. The molecule has 1 saturated heterocycles. The van der Waals surface area contributed by atoms with Crippen LogP contribution in [0.2, 0.25) is 0 Å². The van der Waals surface area contributed by atoms with Gasteiger partial charge in [0.1, 0.15) is 12.1 Å². The molecule has 0 bridgehead atoms. The first-order valence-electron chi connectivity index (χ1n) is 5.61. The molecule has 0 aromatic heterocycles. The number of carboxylic acids is 1. The van der Waals surface area contributed by atoms with Crippen molar-refractivity contribution in [3.63, 3.8) is 0 Å². The van der Waals surface area contributed by atoms with Gasteiger partial charge in [-0.25, -0.2) is 0 Å². The van der Waals surface area contributed by atoms with Crippen LogP contribution >= 0.6 is 0 Å². The molecule has 1 rings (SSSR count). The molecule has 2 N–H and O–H groups in total. The fourth-order valence-electron chi connectivity index (χ4n) is 1.71. The van der Waals surface area contributed by atoms with Gasteiger partial charge in [-0.1, -0.05) is 0 Å². The lowest BCUT2D eigenvalue weighted by Crippen LogP contribution is -2.65. The van der Waals surface area contributed by atoms with Crippen molar-refractivity contribution in [2.75, 3.05) is 6.54 Å². The molecule has 3 amide bonds. The molecule has 7 heteroatoms. The summed E-state index contributed by atoms with van der Waals surface area (Å²) in [5, 5.41) is 10.6. The Balaban J connectivity index is 2.67. The van der Waals surface area contributed by atoms with Crippen LogP contribution in [0.1, 0.15) is 33.1 Å². The number of piperazine rings is 1. The van der Waals surface area contributed by atoms with E-state index in [2.05, 4.69) is 5.32 Å². The third-order valence-corrected chi connectivity index (χ3v) is 2.87. The second-order valence-electron chi connectivity index (χ2n) is 4.66. The average molecular weight is 256 g/mol. The highest BCUT2D eigenvalue weighted by Gasteiger charge is 2.43. The fraction of sp³-hybridized carbons (Fsp3) is 0.636. The van der Waals surface area contributed by atoms with Crippen molar-refractivity contribution >= 4 is 23.7 Å². The summed E-state index contributed by atoms with van der Waals surface area (Å²) < 4.78 is 0. The molecule has 1 aliphatic heterocycles. The Labute approximate surface area is 104 Å². The van der Waals surface area contributed by atoms with Gasteiger partial charge in [0.25, 0.3) is 5.91 Å². The number of carboxylic acid groups (broad SMARTS) is 1. The molecule has 18 heavy (non-hydrogen) atoms. The molecule has 0 aromatic carbocycles. The Hall–Kier alpha value is -1.92. The maximum atomic E-state index is 11.9. The molecule has 0 saturated carbocycles. The zero-order chi connectivity index (χ0) is 13.9. The molecular weight excluding hydrogens is 240 g/mol. The summed E-state index contributed by atoms with van der Waals surface area (Å²) in [5.41, 5.74) is -1.09. The van der Waals surface area contributed by atoms with Gasteiger partial charge in [-0.15, -0.1) is 0 Å². The Morgan fingerprint density at radius 2 is 1.94 bits per heavy atom. The van der Waals surface area contributed by atoms with Gasteiger partial charge in [-0.05, 0) is 20.3 Å². The third kappa shape index (κ3) is 3.06.